The summed E-state index contributed by atoms with van der Waals surface area (Å²) in [4.78, 5) is 36.4. The third-order valence-corrected chi connectivity index (χ3v) is 4.54. The van der Waals surface area contributed by atoms with Crippen LogP contribution in [0.2, 0.25) is 0 Å². The van der Waals surface area contributed by atoms with Crippen LogP contribution < -0.4 is 16.4 Å². The van der Waals surface area contributed by atoms with Crippen LogP contribution >= 0.6 is 0 Å². The molecule has 0 bridgehead atoms. The van der Waals surface area contributed by atoms with Crippen molar-refractivity contribution in [2.45, 2.75) is 32.2 Å². The maximum absolute atomic E-state index is 13.1. The van der Waals surface area contributed by atoms with Crippen molar-refractivity contribution in [3.05, 3.63) is 35.4 Å². The number of likely N-dealkylation sites (tertiary alicyclic amines) is 1. The van der Waals surface area contributed by atoms with E-state index in [4.69, 9.17) is 5.73 Å². The van der Waals surface area contributed by atoms with Crippen LogP contribution in [0, 0.1) is 17.6 Å². The molecule has 0 unspecified atom stereocenters. The zero-order valence-corrected chi connectivity index (χ0v) is 15.0. The lowest BCUT2D eigenvalue weighted by Crippen LogP contribution is -2.46. The van der Waals surface area contributed by atoms with Crippen molar-refractivity contribution in [3.8, 4) is 0 Å². The molecule has 0 aromatic heterocycles. The van der Waals surface area contributed by atoms with Crippen LogP contribution in [0.5, 0.6) is 0 Å². The number of nitrogens with zero attached hydrogens (tertiary/aromatic N) is 1. The Bertz CT molecular complexity index is 699. The van der Waals surface area contributed by atoms with Gasteiger partial charge in [0.15, 0.2) is 11.6 Å². The van der Waals surface area contributed by atoms with Gasteiger partial charge in [-0.1, -0.05) is 6.07 Å². The second-order valence-corrected chi connectivity index (χ2v) is 6.63. The Kier molecular flexibility index (Phi) is 7.51. The van der Waals surface area contributed by atoms with Crippen molar-refractivity contribution >= 4 is 17.8 Å². The van der Waals surface area contributed by atoms with Crippen LogP contribution in [0.1, 0.15) is 31.2 Å². The molecule has 0 radical (unpaired) electrons. The summed E-state index contributed by atoms with van der Waals surface area (Å²) < 4.78 is 26.0. The summed E-state index contributed by atoms with van der Waals surface area (Å²) in [5, 5.41) is 4.96. The predicted octanol–water partition coefficient (Wildman–Crippen LogP) is 1.27. The standard InChI is InChI=1S/C18H24F2N4O3/c19-14-5-3-13(8-15(14)20)9-22-16(25)6-4-12-2-1-7-24(11-12)17(26)10-23-18(21)27/h3,5,8,12H,1-2,4,6-7,9-11H2,(H,22,25)(H3,21,23,27)/t12-/m0/s1. The van der Waals surface area contributed by atoms with Gasteiger partial charge in [0.1, 0.15) is 0 Å². The number of nitrogens with one attached hydrogen (secondary N) is 2. The van der Waals surface area contributed by atoms with Gasteiger partial charge in [0, 0.05) is 26.1 Å². The molecule has 1 heterocycles. The lowest BCUT2D eigenvalue weighted by molar-refractivity contribution is -0.131. The van der Waals surface area contributed by atoms with Crippen molar-refractivity contribution in [3.63, 3.8) is 0 Å². The first-order chi connectivity index (χ1) is 12.8. The van der Waals surface area contributed by atoms with Gasteiger partial charge in [0.25, 0.3) is 0 Å². The smallest absolute Gasteiger partial charge is 0.312 e. The first-order valence-electron chi connectivity index (χ1n) is 8.87. The molecule has 1 aliphatic heterocycles. The summed E-state index contributed by atoms with van der Waals surface area (Å²) in [6.07, 6.45) is 2.67. The van der Waals surface area contributed by atoms with Gasteiger partial charge in [0.05, 0.1) is 6.54 Å². The zero-order chi connectivity index (χ0) is 19.8. The summed E-state index contributed by atoms with van der Waals surface area (Å²) in [6.45, 7) is 1.16. The van der Waals surface area contributed by atoms with E-state index in [0.29, 0.717) is 25.1 Å². The second kappa shape index (κ2) is 9.84. The van der Waals surface area contributed by atoms with E-state index in [1.54, 1.807) is 4.90 Å². The number of hydrogen-bond acceptors (Lipinski definition) is 3. The maximum Gasteiger partial charge on any atom is 0.312 e. The minimum Gasteiger partial charge on any atom is -0.352 e. The molecule has 1 aromatic rings. The van der Waals surface area contributed by atoms with Crippen molar-refractivity contribution in [2.24, 2.45) is 11.7 Å². The number of nitrogens with two attached hydrogens (primary N) is 1. The molecule has 0 aliphatic carbocycles. The van der Waals surface area contributed by atoms with Gasteiger partial charge in [0.2, 0.25) is 11.8 Å². The number of carbonyl (C=O) groups excluding carboxylic acids is 3. The Morgan fingerprint density at radius 1 is 1.19 bits per heavy atom. The predicted molar refractivity (Wildman–Crippen MR) is 94.3 cm³/mol. The van der Waals surface area contributed by atoms with Crippen LogP contribution in [0.15, 0.2) is 18.2 Å². The Hall–Kier alpha value is -2.71. The minimum atomic E-state index is -0.945. The average Bonchev–Trinajstić information content (AvgIpc) is 2.65. The summed E-state index contributed by atoms with van der Waals surface area (Å²) in [5.41, 5.74) is 5.44. The van der Waals surface area contributed by atoms with Crippen LogP contribution in [-0.4, -0.2) is 42.4 Å². The fourth-order valence-corrected chi connectivity index (χ4v) is 3.08. The van der Waals surface area contributed by atoms with Gasteiger partial charge < -0.3 is 21.3 Å². The lowest BCUT2D eigenvalue weighted by atomic mass is 9.93. The van der Waals surface area contributed by atoms with E-state index < -0.39 is 17.7 Å². The summed E-state index contributed by atoms with van der Waals surface area (Å²) >= 11 is 0. The summed E-state index contributed by atoms with van der Waals surface area (Å²) in [5.74, 6) is -2.04. The van der Waals surface area contributed by atoms with Gasteiger partial charge in [-0.2, -0.15) is 0 Å². The summed E-state index contributed by atoms with van der Waals surface area (Å²) in [6, 6.07) is 2.76. The number of hydrogen-bond donors (Lipinski definition) is 3. The summed E-state index contributed by atoms with van der Waals surface area (Å²) in [7, 11) is 0. The quantitative estimate of drug-likeness (QED) is 0.661. The normalized spacial score (nSPS) is 16.7. The van der Waals surface area contributed by atoms with Crippen LogP contribution in [0.25, 0.3) is 0 Å². The highest BCUT2D eigenvalue weighted by molar-refractivity contribution is 5.83. The highest BCUT2D eigenvalue weighted by Crippen LogP contribution is 2.21. The average molecular weight is 382 g/mol. The van der Waals surface area contributed by atoms with Gasteiger partial charge >= 0.3 is 6.03 Å². The highest BCUT2D eigenvalue weighted by atomic mass is 19.2. The number of urea groups is 1. The molecule has 1 atom stereocenters. The molecule has 2 rings (SSSR count). The van der Waals surface area contributed by atoms with Crippen LogP contribution in [0.4, 0.5) is 13.6 Å². The largest absolute Gasteiger partial charge is 0.352 e. The Balaban J connectivity index is 1.71. The third-order valence-electron chi connectivity index (χ3n) is 4.54. The van der Waals surface area contributed by atoms with Gasteiger partial charge in [-0.15, -0.1) is 0 Å². The molecule has 148 valence electrons. The van der Waals surface area contributed by atoms with Gasteiger partial charge in [-0.3, -0.25) is 9.59 Å². The van der Waals surface area contributed by atoms with Crippen molar-refractivity contribution < 1.29 is 23.2 Å². The molecule has 0 saturated carbocycles. The Labute approximate surface area is 156 Å². The molecule has 9 heteroatoms. The topological polar surface area (TPSA) is 105 Å². The van der Waals surface area contributed by atoms with Gasteiger partial charge in [-0.25, -0.2) is 13.6 Å². The highest BCUT2D eigenvalue weighted by Gasteiger charge is 2.24. The molecule has 1 aromatic carbocycles. The number of amides is 4. The number of benzene rings is 1. The lowest BCUT2D eigenvalue weighted by Gasteiger charge is -2.32. The van der Waals surface area contributed by atoms with E-state index in [0.717, 1.165) is 25.0 Å². The van der Waals surface area contributed by atoms with Gasteiger partial charge in [-0.05, 0) is 42.9 Å². The first kappa shape index (κ1) is 20.6. The monoisotopic (exact) mass is 382 g/mol. The number of primary amides is 1. The van der Waals surface area contributed by atoms with E-state index in [2.05, 4.69) is 10.6 Å². The molecule has 7 nitrogen and oxygen atoms in total. The fourth-order valence-electron chi connectivity index (χ4n) is 3.08. The number of carbonyl (C=O) groups is 3. The van der Waals surface area contributed by atoms with Crippen molar-refractivity contribution in [1.29, 1.82) is 0 Å². The Morgan fingerprint density at radius 3 is 2.67 bits per heavy atom. The number of halogens is 2. The van der Waals surface area contributed by atoms with Crippen LogP contribution in [0.3, 0.4) is 0 Å². The molecular weight excluding hydrogens is 358 g/mol. The fraction of sp³-hybridized carbons (Fsp3) is 0.500. The molecule has 27 heavy (non-hydrogen) atoms. The first-order valence-corrected chi connectivity index (χ1v) is 8.87. The zero-order valence-electron chi connectivity index (χ0n) is 15.0. The number of piperidine rings is 1. The SMILES string of the molecule is NC(=O)NCC(=O)N1CCC[C@@H](CCC(=O)NCc2ccc(F)c(F)c2)C1. The van der Waals surface area contributed by atoms with E-state index in [9.17, 15) is 23.2 Å². The molecule has 1 saturated heterocycles. The van der Waals surface area contributed by atoms with Crippen molar-refractivity contribution in [2.75, 3.05) is 19.6 Å². The molecular formula is C18H24F2N4O3. The number of rotatable bonds is 7. The molecule has 0 spiro atoms. The molecule has 4 amide bonds. The third kappa shape index (κ3) is 6.84. The molecule has 4 N–H and O–H groups in total. The Morgan fingerprint density at radius 2 is 1.96 bits per heavy atom. The van der Waals surface area contributed by atoms with E-state index in [1.807, 2.05) is 0 Å². The van der Waals surface area contributed by atoms with E-state index >= 15 is 0 Å². The van der Waals surface area contributed by atoms with Crippen molar-refractivity contribution in [1.82, 2.24) is 15.5 Å². The van der Waals surface area contributed by atoms with E-state index in [-0.39, 0.29) is 37.2 Å². The molecule has 1 aliphatic rings. The second-order valence-electron chi connectivity index (χ2n) is 6.63. The maximum atomic E-state index is 13.1. The minimum absolute atomic E-state index is 0.128. The molecule has 1 fully saturated rings. The van der Waals surface area contributed by atoms with E-state index in [1.165, 1.54) is 6.07 Å². The van der Waals surface area contributed by atoms with Crippen LogP contribution in [-0.2, 0) is 16.1 Å².